The van der Waals surface area contributed by atoms with Crippen molar-refractivity contribution in [3.63, 3.8) is 0 Å². The molecule has 126 valence electrons. The largest absolute Gasteiger partial charge is 0.325 e. The number of para-hydroxylation sites is 1. The minimum Gasteiger partial charge on any atom is -0.325 e. The summed E-state index contributed by atoms with van der Waals surface area (Å²) < 4.78 is 0. The van der Waals surface area contributed by atoms with Crippen LogP contribution in [0, 0.1) is 26.2 Å². The van der Waals surface area contributed by atoms with Gasteiger partial charge in [0, 0.05) is 11.4 Å². The molecule has 0 bridgehead atoms. The lowest BCUT2D eigenvalue weighted by molar-refractivity contribution is -0.135. The molecular formula is C20H24N2O2. The molecule has 0 spiro atoms. The van der Waals surface area contributed by atoms with Gasteiger partial charge in [-0.2, -0.15) is 0 Å². The Kier molecular flexibility index (Phi) is 5.07. The molecule has 2 rings (SSSR count). The maximum Gasteiger partial charge on any atom is 0.239 e. The van der Waals surface area contributed by atoms with E-state index in [4.69, 9.17) is 0 Å². The van der Waals surface area contributed by atoms with Crippen molar-refractivity contribution < 1.29 is 9.59 Å². The highest BCUT2D eigenvalue weighted by atomic mass is 16.2. The molecule has 0 radical (unpaired) electrons. The Balaban J connectivity index is 2.13. The van der Waals surface area contributed by atoms with Gasteiger partial charge in [-0.1, -0.05) is 24.3 Å². The fourth-order valence-corrected chi connectivity index (χ4v) is 2.20. The molecule has 4 nitrogen and oxygen atoms in total. The monoisotopic (exact) mass is 324 g/mol. The smallest absolute Gasteiger partial charge is 0.239 e. The van der Waals surface area contributed by atoms with E-state index in [1.165, 1.54) is 0 Å². The topological polar surface area (TPSA) is 58.2 Å². The highest BCUT2D eigenvalue weighted by Gasteiger charge is 2.36. The van der Waals surface area contributed by atoms with E-state index in [2.05, 4.69) is 10.6 Å². The second-order valence-electron chi connectivity index (χ2n) is 6.65. The van der Waals surface area contributed by atoms with Crippen LogP contribution < -0.4 is 10.6 Å². The van der Waals surface area contributed by atoms with Gasteiger partial charge < -0.3 is 10.6 Å². The van der Waals surface area contributed by atoms with Crippen molar-refractivity contribution in [2.75, 3.05) is 10.6 Å². The van der Waals surface area contributed by atoms with Gasteiger partial charge in [-0.15, -0.1) is 0 Å². The first-order valence-corrected chi connectivity index (χ1v) is 7.97. The Morgan fingerprint density at radius 1 is 0.792 bits per heavy atom. The zero-order valence-electron chi connectivity index (χ0n) is 14.9. The van der Waals surface area contributed by atoms with Crippen molar-refractivity contribution in [2.24, 2.45) is 5.41 Å². The molecule has 2 N–H and O–H groups in total. The molecule has 0 saturated heterocycles. The predicted octanol–water partition coefficient (Wildman–Crippen LogP) is 4.22. The molecular weight excluding hydrogens is 300 g/mol. The molecule has 0 unspecified atom stereocenters. The van der Waals surface area contributed by atoms with E-state index >= 15 is 0 Å². The average Bonchev–Trinajstić information content (AvgIpc) is 2.53. The van der Waals surface area contributed by atoms with Crippen LogP contribution in [0.1, 0.15) is 30.5 Å². The summed E-state index contributed by atoms with van der Waals surface area (Å²) in [7, 11) is 0. The lowest BCUT2D eigenvalue weighted by Gasteiger charge is -2.23. The van der Waals surface area contributed by atoms with Crippen LogP contribution in [0.4, 0.5) is 11.4 Å². The normalized spacial score (nSPS) is 11.0. The van der Waals surface area contributed by atoms with Gasteiger partial charge in [-0.05, 0) is 69.5 Å². The number of aryl methyl sites for hydroxylation is 3. The fraction of sp³-hybridized carbons (Fsp3) is 0.300. The van der Waals surface area contributed by atoms with E-state index in [1.807, 2.05) is 63.2 Å². The van der Waals surface area contributed by atoms with E-state index in [1.54, 1.807) is 13.8 Å². The first-order chi connectivity index (χ1) is 11.2. The van der Waals surface area contributed by atoms with Crippen LogP contribution in [-0.4, -0.2) is 11.8 Å². The average molecular weight is 324 g/mol. The third-order valence-electron chi connectivity index (χ3n) is 4.29. The van der Waals surface area contributed by atoms with E-state index in [-0.39, 0.29) is 11.8 Å². The van der Waals surface area contributed by atoms with Gasteiger partial charge in [0.25, 0.3) is 0 Å². The van der Waals surface area contributed by atoms with Crippen molar-refractivity contribution in [2.45, 2.75) is 34.6 Å². The second kappa shape index (κ2) is 6.87. The summed E-state index contributed by atoms with van der Waals surface area (Å²) in [5, 5.41) is 5.67. The summed E-state index contributed by atoms with van der Waals surface area (Å²) in [6, 6.07) is 13.2. The minimum atomic E-state index is -1.19. The van der Waals surface area contributed by atoms with Crippen molar-refractivity contribution in [3.8, 4) is 0 Å². The molecule has 0 aliphatic heterocycles. The number of anilines is 2. The summed E-state index contributed by atoms with van der Waals surface area (Å²) >= 11 is 0. The zero-order chi connectivity index (χ0) is 17.9. The lowest BCUT2D eigenvalue weighted by atomic mass is 9.90. The molecule has 0 aliphatic rings. The van der Waals surface area contributed by atoms with Gasteiger partial charge >= 0.3 is 0 Å². The maximum absolute atomic E-state index is 12.6. The third-order valence-corrected chi connectivity index (χ3v) is 4.29. The van der Waals surface area contributed by atoms with Gasteiger partial charge in [0.1, 0.15) is 5.41 Å². The van der Waals surface area contributed by atoms with Gasteiger partial charge in [0.05, 0.1) is 0 Å². The Bertz CT molecular complexity index is 779. The first kappa shape index (κ1) is 17.7. The Hall–Kier alpha value is -2.62. The second-order valence-corrected chi connectivity index (χ2v) is 6.65. The van der Waals surface area contributed by atoms with Crippen molar-refractivity contribution in [3.05, 3.63) is 59.2 Å². The summed E-state index contributed by atoms with van der Waals surface area (Å²) in [4.78, 5) is 25.1. The van der Waals surface area contributed by atoms with Crippen LogP contribution in [0.2, 0.25) is 0 Å². The first-order valence-electron chi connectivity index (χ1n) is 7.97. The number of hydrogen-bond acceptors (Lipinski definition) is 2. The van der Waals surface area contributed by atoms with Crippen LogP contribution in [0.5, 0.6) is 0 Å². The predicted molar refractivity (Wildman–Crippen MR) is 98.1 cm³/mol. The number of nitrogens with one attached hydrogen (secondary N) is 2. The van der Waals surface area contributed by atoms with Gasteiger partial charge in [0.2, 0.25) is 11.8 Å². The van der Waals surface area contributed by atoms with Crippen molar-refractivity contribution in [1.29, 1.82) is 0 Å². The minimum absolute atomic E-state index is 0.335. The molecule has 0 aromatic heterocycles. The lowest BCUT2D eigenvalue weighted by Crippen LogP contribution is -2.41. The highest BCUT2D eigenvalue weighted by molar-refractivity contribution is 6.14. The van der Waals surface area contributed by atoms with Gasteiger partial charge in [0.15, 0.2) is 0 Å². The molecule has 0 fully saturated rings. The van der Waals surface area contributed by atoms with E-state index in [9.17, 15) is 9.59 Å². The summed E-state index contributed by atoms with van der Waals surface area (Å²) in [5.41, 5.74) is 3.42. The summed E-state index contributed by atoms with van der Waals surface area (Å²) in [6.45, 7) is 9.16. The molecule has 0 saturated carbocycles. The van der Waals surface area contributed by atoms with Crippen LogP contribution >= 0.6 is 0 Å². The zero-order valence-corrected chi connectivity index (χ0v) is 14.9. The van der Waals surface area contributed by atoms with Crippen LogP contribution in [0.25, 0.3) is 0 Å². The Labute approximate surface area is 143 Å². The van der Waals surface area contributed by atoms with Gasteiger partial charge in [-0.3, -0.25) is 9.59 Å². The Morgan fingerprint density at radius 3 is 2.04 bits per heavy atom. The number of hydrogen-bond donors (Lipinski definition) is 2. The van der Waals surface area contributed by atoms with E-state index < -0.39 is 5.41 Å². The molecule has 2 aromatic carbocycles. The molecule has 2 aromatic rings. The molecule has 24 heavy (non-hydrogen) atoms. The molecule has 2 amide bonds. The standard InChI is InChI=1S/C20H24N2O2/c1-13-10-11-16(12-15(13)3)21-18(23)20(4,5)19(24)22-17-9-7-6-8-14(17)2/h6-12H,1-5H3,(H,21,23)(H,22,24). The summed E-state index contributed by atoms with van der Waals surface area (Å²) in [5.74, 6) is -0.671. The third kappa shape index (κ3) is 3.82. The van der Waals surface area contributed by atoms with Crippen molar-refractivity contribution in [1.82, 2.24) is 0 Å². The highest BCUT2D eigenvalue weighted by Crippen LogP contribution is 2.23. The van der Waals surface area contributed by atoms with E-state index in [0.717, 1.165) is 22.4 Å². The van der Waals surface area contributed by atoms with Gasteiger partial charge in [-0.25, -0.2) is 0 Å². The molecule has 0 aliphatic carbocycles. The van der Waals surface area contributed by atoms with Crippen LogP contribution in [0.3, 0.4) is 0 Å². The number of benzene rings is 2. The molecule has 0 heterocycles. The number of rotatable bonds is 4. The summed E-state index contributed by atoms with van der Waals surface area (Å²) in [6.07, 6.45) is 0. The van der Waals surface area contributed by atoms with E-state index in [0.29, 0.717) is 5.69 Å². The van der Waals surface area contributed by atoms with Crippen LogP contribution in [-0.2, 0) is 9.59 Å². The SMILES string of the molecule is Cc1ccc(NC(=O)C(C)(C)C(=O)Nc2ccccc2C)cc1C. The quantitative estimate of drug-likeness (QED) is 0.828. The number of amides is 2. The number of carbonyl (C=O) groups is 2. The Morgan fingerprint density at radius 2 is 1.42 bits per heavy atom. The number of carbonyl (C=O) groups excluding carboxylic acids is 2. The van der Waals surface area contributed by atoms with Crippen molar-refractivity contribution >= 4 is 23.2 Å². The maximum atomic E-state index is 12.6. The molecule has 4 heteroatoms. The van der Waals surface area contributed by atoms with Crippen LogP contribution in [0.15, 0.2) is 42.5 Å². The molecule has 0 atom stereocenters. The fourth-order valence-electron chi connectivity index (χ4n) is 2.20.